The molecule has 5 rings (SSSR count). The molecule has 0 radical (unpaired) electrons. The Balaban J connectivity index is 1.23. The maximum absolute atomic E-state index is 13.5. The molecule has 0 unspecified atom stereocenters. The Morgan fingerprint density at radius 1 is 0.853 bits per heavy atom. The standard InChI is InChI=1S/C26H29N3O3S2/c30-26(28-17-15-27(16-18-28)13-10-21-6-2-1-3-7-21)25-24(12-19-33-25)34(31,32)29-14-11-22-8-4-5-9-23(22)20-29/h1-9,12,19H,10-11,13-18,20H2. The van der Waals surface area contributed by atoms with Gasteiger partial charge in [-0.3, -0.25) is 9.69 Å². The van der Waals surface area contributed by atoms with Crippen LogP contribution in [-0.2, 0) is 29.4 Å². The molecule has 34 heavy (non-hydrogen) atoms. The van der Waals surface area contributed by atoms with Gasteiger partial charge in [-0.25, -0.2) is 8.42 Å². The average Bonchev–Trinajstić information content (AvgIpc) is 3.39. The third-order valence-corrected chi connectivity index (χ3v) is 9.67. The number of carbonyl (C=O) groups excluding carboxylic acids is 1. The number of rotatable bonds is 6. The number of carbonyl (C=O) groups is 1. The number of piperazine rings is 1. The summed E-state index contributed by atoms with van der Waals surface area (Å²) in [7, 11) is -3.74. The Morgan fingerprint density at radius 3 is 2.32 bits per heavy atom. The van der Waals surface area contributed by atoms with Crippen molar-refractivity contribution in [2.45, 2.75) is 24.3 Å². The van der Waals surface area contributed by atoms with Gasteiger partial charge in [-0.15, -0.1) is 11.3 Å². The van der Waals surface area contributed by atoms with Gasteiger partial charge in [0.05, 0.1) is 0 Å². The summed E-state index contributed by atoms with van der Waals surface area (Å²) in [6.07, 6.45) is 1.68. The van der Waals surface area contributed by atoms with Crippen LogP contribution in [0, 0.1) is 0 Å². The molecule has 0 spiro atoms. The van der Waals surface area contributed by atoms with Gasteiger partial charge in [0, 0.05) is 45.8 Å². The number of thiophene rings is 1. The number of benzene rings is 2. The number of fused-ring (bicyclic) bond motifs is 1. The highest BCUT2D eigenvalue weighted by Gasteiger charge is 2.34. The van der Waals surface area contributed by atoms with Crippen molar-refractivity contribution in [2.75, 3.05) is 39.3 Å². The topological polar surface area (TPSA) is 60.9 Å². The van der Waals surface area contributed by atoms with E-state index < -0.39 is 10.0 Å². The first-order chi connectivity index (χ1) is 16.5. The Kier molecular flexibility index (Phi) is 6.83. The second kappa shape index (κ2) is 10.00. The maximum Gasteiger partial charge on any atom is 0.265 e. The van der Waals surface area contributed by atoms with Gasteiger partial charge in [0.1, 0.15) is 9.77 Å². The normalized spacial score (nSPS) is 17.5. The van der Waals surface area contributed by atoms with Crippen molar-refractivity contribution in [1.82, 2.24) is 14.1 Å². The van der Waals surface area contributed by atoms with Crippen molar-refractivity contribution in [3.63, 3.8) is 0 Å². The van der Waals surface area contributed by atoms with Crippen LogP contribution in [0.3, 0.4) is 0 Å². The summed E-state index contributed by atoms with van der Waals surface area (Å²) in [5.74, 6) is -0.173. The molecule has 2 aromatic carbocycles. The minimum Gasteiger partial charge on any atom is -0.335 e. The van der Waals surface area contributed by atoms with Gasteiger partial charge in [-0.2, -0.15) is 4.31 Å². The SMILES string of the molecule is O=C(c1sccc1S(=O)(=O)N1CCc2ccccc2C1)N1CCN(CCc2ccccc2)CC1. The first-order valence-corrected chi connectivity index (χ1v) is 14.0. The molecule has 0 N–H and O–H groups in total. The van der Waals surface area contributed by atoms with Crippen molar-refractivity contribution in [3.05, 3.63) is 87.6 Å². The summed E-state index contributed by atoms with van der Waals surface area (Å²) >= 11 is 1.23. The minimum absolute atomic E-state index is 0.147. The molecular weight excluding hydrogens is 466 g/mol. The molecule has 1 aromatic heterocycles. The van der Waals surface area contributed by atoms with Crippen LogP contribution in [0.1, 0.15) is 26.4 Å². The lowest BCUT2D eigenvalue weighted by Gasteiger charge is -2.35. The smallest absolute Gasteiger partial charge is 0.265 e. The molecule has 6 nitrogen and oxygen atoms in total. The molecule has 0 bridgehead atoms. The molecule has 2 aliphatic heterocycles. The number of hydrogen-bond acceptors (Lipinski definition) is 5. The van der Waals surface area contributed by atoms with E-state index in [4.69, 9.17) is 0 Å². The van der Waals surface area contributed by atoms with E-state index in [2.05, 4.69) is 35.2 Å². The predicted molar refractivity (Wildman–Crippen MR) is 135 cm³/mol. The zero-order valence-electron chi connectivity index (χ0n) is 19.1. The summed E-state index contributed by atoms with van der Waals surface area (Å²) < 4.78 is 28.5. The molecule has 0 aliphatic carbocycles. The van der Waals surface area contributed by atoms with E-state index in [0.29, 0.717) is 37.5 Å². The van der Waals surface area contributed by atoms with Crippen LogP contribution < -0.4 is 0 Å². The Morgan fingerprint density at radius 2 is 1.56 bits per heavy atom. The van der Waals surface area contributed by atoms with Gasteiger partial charge in [-0.1, -0.05) is 54.6 Å². The van der Waals surface area contributed by atoms with Crippen molar-refractivity contribution >= 4 is 27.3 Å². The van der Waals surface area contributed by atoms with Gasteiger partial charge in [0.25, 0.3) is 5.91 Å². The highest BCUT2D eigenvalue weighted by atomic mass is 32.2. The minimum atomic E-state index is -3.74. The van der Waals surface area contributed by atoms with E-state index in [1.54, 1.807) is 16.3 Å². The molecule has 3 aromatic rings. The lowest BCUT2D eigenvalue weighted by Crippen LogP contribution is -2.49. The van der Waals surface area contributed by atoms with Crippen molar-refractivity contribution < 1.29 is 13.2 Å². The molecule has 0 saturated carbocycles. The fourth-order valence-electron chi connectivity index (χ4n) is 4.72. The molecule has 0 atom stereocenters. The Labute approximate surface area is 205 Å². The highest BCUT2D eigenvalue weighted by molar-refractivity contribution is 7.89. The second-order valence-corrected chi connectivity index (χ2v) is 11.7. The zero-order chi connectivity index (χ0) is 23.5. The van der Waals surface area contributed by atoms with Crippen LogP contribution in [0.2, 0.25) is 0 Å². The first-order valence-electron chi connectivity index (χ1n) is 11.7. The second-order valence-electron chi connectivity index (χ2n) is 8.84. The number of nitrogens with zero attached hydrogens (tertiary/aromatic N) is 3. The third-order valence-electron chi connectivity index (χ3n) is 6.76. The van der Waals surface area contributed by atoms with Gasteiger partial charge in [0.2, 0.25) is 10.0 Å². The fraction of sp³-hybridized carbons (Fsp3) is 0.346. The maximum atomic E-state index is 13.5. The monoisotopic (exact) mass is 495 g/mol. The zero-order valence-corrected chi connectivity index (χ0v) is 20.7. The van der Waals surface area contributed by atoms with Crippen LogP contribution in [0.4, 0.5) is 0 Å². The summed E-state index contributed by atoms with van der Waals surface area (Å²) in [6.45, 7) is 4.57. The molecule has 8 heteroatoms. The molecule has 2 aliphatic rings. The molecular formula is C26H29N3O3S2. The number of sulfonamides is 1. The predicted octanol–water partition coefficient (Wildman–Crippen LogP) is 3.50. The van der Waals surface area contributed by atoms with Crippen LogP contribution in [0.15, 0.2) is 70.9 Å². The van der Waals surface area contributed by atoms with E-state index in [1.807, 2.05) is 24.3 Å². The van der Waals surface area contributed by atoms with E-state index in [1.165, 1.54) is 26.8 Å². The van der Waals surface area contributed by atoms with E-state index in [0.717, 1.165) is 31.6 Å². The molecule has 178 valence electrons. The van der Waals surface area contributed by atoms with Crippen LogP contribution in [-0.4, -0.2) is 67.7 Å². The van der Waals surface area contributed by atoms with Crippen molar-refractivity contribution in [1.29, 1.82) is 0 Å². The summed E-state index contributed by atoms with van der Waals surface area (Å²) in [5.41, 5.74) is 3.54. The van der Waals surface area contributed by atoms with Crippen LogP contribution in [0.25, 0.3) is 0 Å². The lowest BCUT2D eigenvalue weighted by atomic mass is 10.0. The number of amides is 1. The van der Waals surface area contributed by atoms with Crippen molar-refractivity contribution in [3.8, 4) is 0 Å². The molecule has 1 saturated heterocycles. The largest absolute Gasteiger partial charge is 0.335 e. The van der Waals surface area contributed by atoms with E-state index >= 15 is 0 Å². The quantitative estimate of drug-likeness (QED) is 0.525. The summed E-state index contributed by atoms with van der Waals surface area (Å²) in [6, 6.07) is 20.0. The fourth-order valence-corrected chi connectivity index (χ4v) is 7.50. The van der Waals surface area contributed by atoms with Crippen molar-refractivity contribution in [2.24, 2.45) is 0 Å². The first kappa shape index (κ1) is 23.2. The highest BCUT2D eigenvalue weighted by Crippen LogP contribution is 2.30. The third kappa shape index (κ3) is 4.81. The van der Waals surface area contributed by atoms with Gasteiger partial charge >= 0.3 is 0 Å². The van der Waals surface area contributed by atoms with E-state index in [9.17, 15) is 13.2 Å². The lowest BCUT2D eigenvalue weighted by molar-refractivity contribution is 0.0639. The summed E-state index contributed by atoms with van der Waals surface area (Å²) in [5, 5.41) is 1.72. The summed E-state index contributed by atoms with van der Waals surface area (Å²) in [4.78, 5) is 18.0. The van der Waals surface area contributed by atoms with Crippen LogP contribution in [0.5, 0.6) is 0 Å². The van der Waals surface area contributed by atoms with Gasteiger partial charge < -0.3 is 4.90 Å². The van der Waals surface area contributed by atoms with Gasteiger partial charge in [0.15, 0.2) is 0 Å². The molecule has 1 fully saturated rings. The number of hydrogen-bond donors (Lipinski definition) is 0. The van der Waals surface area contributed by atoms with Crippen LogP contribution >= 0.6 is 11.3 Å². The van der Waals surface area contributed by atoms with E-state index in [-0.39, 0.29) is 10.8 Å². The Hall–Kier alpha value is -2.52. The van der Waals surface area contributed by atoms with Gasteiger partial charge in [-0.05, 0) is 41.0 Å². The average molecular weight is 496 g/mol. The molecule has 3 heterocycles. The Bertz CT molecular complexity index is 1250. The molecule has 1 amide bonds.